The van der Waals surface area contributed by atoms with Crippen LogP contribution in [0.25, 0.3) is 33.4 Å². The summed E-state index contributed by atoms with van der Waals surface area (Å²) < 4.78 is 14.6. The van der Waals surface area contributed by atoms with Crippen molar-refractivity contribution in [3.8, 4) is 17.3 Å². The predicted molar refractivity (Wildman–Crippen MR) is 138 cm³/mol. The van der Waals surface area contributed by atoms with Gasteiger partial charge < -0.3 is 9.47 Å². The van der Waals surface area contributed by atoms with Gasteiger partial charge in [-0.1, -0.05) is 30.0 Å². The van der Waals surface area contributed by atoms with E-state index in [1.807, 2.05) is 66.9 Å². The van der Waals surface area contributed by atoms with Crippen LogP contribution in [-0.2, 0) is 6.61 Å². The van der Waals surface area contributed by atoms with Gasteiger partial charge in [0.1, 0.15) is 23.5 Å². The molecule has 6 aromatic rings. The van der Waals surface area contributed by atoms with Crippen molar-refractivity contribution in [3.05, 3.63) is 89.0 Å². The quantitative estimate of drug-likeness (QED) is 0.249. The summed E-state index contributed by atoms with van der Waals surface area (Å²) >= 11 is 1.40. The lowest BCUT2D eigenvalue weighted by Crippen LogP contribution is -2.22. The van der Waals surface area contributed by atoms with Gasteiger partial charge in [-0.2, -0.15) is 4.52 Å². The van der Waals surface area contributed by atoms with E-state index in [9.17, 15) is 4.79 Å². The lowest BCUT2D eigenvalue weighted by Gasteiger charge is -2.09. The fourth-order valence-corrected chi connectivity index (χ4v) is 4.41. The van der Waals surface area contributed by atoms with Crippen molar-refractivity contribution in [2.75, 3.05) is 13.4 Å². The molecule has 0 unspecified atom stereocenters. The Morgan fingerprint density at radius 2 is 1.78 bits per heavy atom. The maximum Gasteiger partial charge on any atom is 0.284 e. The van der Waals surface area contributed by atoms with E-state index in [0.717, 1.165) is 22.2 Å². The summed E-state index contributed by atoms with van der Waals surface area (Å²) in [5, 5.41) is 1.67. The maximum atomic E-state index is 13.6. The summed E-state index contributed by atoms with van der Waals surface area (Å²) in [7, 11) is 1.64. The van der Waals surface area contributed by atoms with E-state index in [2.05, 4.69) is 15.0 Å². The molecule has 0 fully saturated rings. The van der Waals surface area contributed by atoms with Crippen molar-refractivity contribution in [2.24, 2.45) is 0 Å². The molecule has 0 aliphatic heterocycles. The second-order valence-electron chi connectivity index (χ2n) is 7.96. The lowest BCUT2D eigenvalue weighted by molar-refractivity contribution is 0.306. The average molecular weight is 497 g/mol. The van der Waals surface area contributed by atoms with Gasteiger partial charge in [0.15, 0.2) is 22.3 Å². The molecule has 6 rings (SSSR count). The molecule has 0 bridgehead atoms. The molecule has 0 spiro atoms. The first-order valence-electron chi connectivity index (χ1n) is 11.1. The number of hydrogen-bond donors (Lipinski definition) is 0. The van der Waals surface area contributed by atoms with Crippen LogP contribution in [0.5, 0.6) is 11.5 Å². The summed E-state index contributed by atoms with van der Waals surface area (Å²) in [5.74, 6) is 2.02. The first kappa shape index (κ1) is 22.1. The molecule has 0 aliphatic carbocycles. The number of benzene rings is 2. The minimum atomic E-state index is -0.273. The average Bonchev–Trinajstić information content (AvgIpc) is 3.26. The molecule has 178 valence electrons. The number of aromatic nitrogens is 6. The van der Waals surface area contributed by atoms with Crippen molar-refractivity contribution in [3.63, 3.8) is 0 Å². The van der Waals surface area contributed by atoms with Gasteiger partial charge in [-0.15, -0.1) is 0 Å². The minimum absolute atomic E-state index is 0.273. The Labute approximate surface area is 209 Å². The van der Waals surface area contributed by atoms with Gasteiger partial charge in [0.2, 0.25) is 0 Å². The number of nitrogens with zero attached hydrogens (tertiary/aromatic N) is 6. The van der Waals surface area contributed by atoms with E-state index >= 15 is 0 Å². The Hall–Kier alpha value is -4.44. The highest BCUT2D eigenvalue weighted by atomic mass is 32.2. The number of methoxy groups -OCH3 is 1. The van der Waals surface area contributed by atoms with Gasteiger partial charge in [-0.05, 0) is 48.2 Å². The van der Waals surface area contributed by atoms with E-state index in [0.29, 0.717) is 40.0 Å². The van der Waals surface area contributed by atoms with Gasteiger partial charge in [-0.25, -0.2) is 24.6 Å². The Balaban J connectivity index is 1.54. The number of ether oxygens (including phenoxy) is 2. The van der Waals surface area contributed by atoms with Crippen LogP contribution in [0.1, 0.15) is 5.56 Å². The van der Waals surface area contributed by atoms with Crippen molar-refractivity contribution < 1.29 is 9.47 Å². The number of fused-ring (bicyclic) bond motifs is 4. The van der Waals surface area contributed by atoms with Crippen LogP contribution < -0.4 is 15.0 Å². The SMILES string of the molecule is COc1ccc(COc2ccc3c(c2)n(-c2ccccn2)n2c(=O)c4cnc(SC)nc4nc32)cc1. The van der Waals surface area contributed by atoms with Crippen LogP contribution in [0.4, 0.5) is 0 Å². The molecule has 10 heteroatoms. The smallest absolute Gasteiger partial charge is 0.284 e. The highest BCUT2D eigenvalue weighted by molar-refractivity contribution is 7.98. The second-order valence-corrected chi connectivity index (χ2v) is 8.74. The van der Waals surface area contributed by atoms with E-state index in [1.54, 1.807) is 18.0 Å². The molecule has 0 saturated carbocycles. The van der Waals surface area contributed by atoms with Crippen LogP contribution in [0.2, 0.25) is 0 Å². The molecular formula is C26H20N6O3S. The molecule has 4 aromatic heterocycles. The predicted octanol–water partition coefficient (Wildman–Crippen LogP) is 4.29. The van der Waals surface area contributed by atoms with Crippen LogP contribution in [0.15, 0.2) is 83.0 Å². The van der Waals surface area contributed by atoms with Gasteiger partial charge in [0, 0.05) is 23.8 Å². The van der Waals surface area contributed by atoms with Crippen LogP contribution in [0, 0.1) is 0 Å². The summed E-state index contributed by atoms with van der Waals surface area (Å²) in [5.41, 5.74) is 2.32. The van der Waals surface area contributed by atoms with E-state index in [1.165, 1.54) is 22.5 Å². The highest BCUT2D eigenvalue weighted by Crippen LogP contribution is 2.28. The fraction of sp³-hybridized carbons (Fsp3) is 0.115. The van der Waals surface area contributed by atoms with E-state index in [4.69, 9.17) is 14.5 Å². The summed E-state index contributed by atoms with van der Waals surface area (Å²) in [6, 6.07) is 18.9. The summed E-state index contributed by atoms with van der Waals surface area (Å²) in [6.07, 6.45) is 5.09. The summed E-state index contributed by atoms with van der Waals surface area (Å²) in [4.78, 5) is 31.6. The number of thioether (sulfide) groups is 1. The topological polar surface area (TPSA) is 96.4 Å². The Bertz CT molecular complexity index is 1780. The minimum Gasteiger partial charge on any atom is -0.497 e. The maximum absolute atomic E-state index is 13.6. The number of rotatable bonds is 6. The van der Waals surface area contributed by atoms with Gasteiger partial charge in [-0.3, -0.25) is 4.79 Å². The molecule has 0 N–H and O–H groups in total. The zero-order chi connectivity index (χ0) is 24.6. The first-order valence-corrected chi connectivity index (χ1v) is 12.3. The van der Waals surface area contributed by atoms with Crippen LogP contribution in [0.3, 0.4) is 0 Å². The molecule has 0 amide bonds. The van der Waals surface area contributed by atoms with Crippen LogP contribution in [-0.4, -0.2) is 42.5 Å². The first-order chi connectivity index (χ1) is 17.7. The van der Waals surface area contributed by atoms with E-state index < -0.39 is 0 Å². The van der Waals surface area contributed by atoms with E-state index in [-0.39, 0.29) is 5.56 Å². The van der Waals surface area contributed by atoms with Crippen molar-refractivity contribution in [1.82, 2.24) is 29.1 Å². The molecule has 0 saturated heterocycles. The van der Waals surface area contributed by atoms with Gasteiger partial charge in [0.25, 0.3) is 5.56 Å². The third-order valence-corrected chi connectivity index (χ3v) is 6.40. The van der Waals surface area contributed by atoms with Crippen molar-refractivity contribution in [2.45, 2.75) is 11.8 Å². The number of pyridine rings is 1. The second kappa shape index (κ2) is 8.97. The molecule has 4 heterocycles. The third-order valence-electron chi connectivity index (χ3n) is 5.83. The van der Waals surface area contributed by atoms with Crippen molar-refractivity contribution >= 4 is 39.3 Å². The molecule has 36 heavy (non-hydrogen) atoms. The number of hydrogen-bond acceptors (Lipinski definition) is 8. The highest BCUT2D eigenvalue weighted by Gasteiger charge is 2.19. The lowest BCUT2D eigenvalue weighted by atomic mass is 10.2. The molecular weight excluding hydrogens is 476 g/mol. The molecule has 0 atom stereocenters. The zero-order valence-electron chi connectivity index (χ0n) is 19.5. The van der Waals surface area contributed by atoms with Gasteiger partial charge in [0.05, 0.1) is 12.6 Å². The molecule has 0 radical (unpaired) electrons. The normalized spacial score (nSPS) is 11.4. The standard InChI is InChI=1S/C26H20N6O3S/c1-34-17-8-6-16(7-9-17)15-35-18-10-11-19-21(13-18)31(22-5-3-4-12-27-22)32-24(19)29-23-20(25(32)33)14-28-26(30-23)36-2/h3-14H,15H2,1-2H3. The fourth-order valence-electron chi connectivity index (χ4n) is 4.08. The van der Waals surface area contributed by atoms with Gasteiger partial charge >= 0.3 is 0 Å². The Morgan fingerprint density at radius 3 is 2.53 bits per heavy atom. The molecule has 9 nitrogen and oxygen atoms in total. The summed E-state index contributed by atoms with van der Waals surface area (Å²) in [6.45, 7) is 0.383. The largest absolute Gasteiger partial charge is 0.497 e. The van der Waals surface area contributed by atoms with Crippen molar-refractivity contribution in [1.29, 1.82) is 0 Å². The Kier molecular flexibility index (Phi) is 5.49. The third kappa shape index (κ3) is 3.72. The zero-order valence-corrected chi connectivity index (χ0v) is 20.3. The monoisotopic (exact) mass is 496 g/mol. The molecule has 2 aromatic carbocycles. The Morgan fingerprint density at radius 1 is 0.944 bits per heavy atom. The molecule has 0 aliphatic rings. The van der Waals surface area contributed by atoms with Crippen LogP contribution >= 0.6 is 11.8 Å².